The van der Waals surface area contributed by atoms with E-state index < -0.39 is 0 Å². The number of thiocarbonyl (C=S) groups is 1. The maximum absolute atomic E-state index is 5.51. The fourth-order valence-corrected chi connectivity index (χ4v) is 3.49. The third-order valence-electron chi connectivity index (χ3n) is 3.81. The Kier molecular flexibility index (Phi) is 5.62. The van der Waals surface area contributed by atoms with E-state index in [2.05, 4.69) is 71.5 Å². The van der Waals surface area contributed by atoms with Crippen molar-refractivity contribution < 1.29 is 0 Å². The third kappa shape index (κ3) is 4.43. The molecule has 0 bridgehead atoms. The zero-order valence-electron chi connectivity index (χ0n) is 13.5. The molecule has 2 N–H and O–H groups in total. The van der Waals surface area contributed by atoms with Crippen LogP contribution in [0.3, 0.4) is 0 Å². The molecule has 0 saturated carbocycles. The van der Waals surface area contributed by atoms with Gasteiger partial charge in [-0.1, -0.05) is 66.2 Å². The quantitative estimate of drug-likeness (QED) is 0.644. The molecule has 24 heavy (non-hydrogen) atoms. The van der Waals surface area contributed by atoms with E-state index in [4.69, 9.17) is 12.2 Å². The van der Waals surface area contributed by atoms with Crippen molar-refractivity contribution in [2.24, 2.45) is 0 Å². The molecular weight excluding hydrogens is 332 g/mol. The summed E-state index contributed by atoms with van der Waals surface area (Å²) in [6, 6.07) is 23.1. The van der Waals surface area contributed by atoms with Crippen LogP contribution < -0.4 is 10.6 Å². The molecule has 0 aliphatic rings. The van der Waals surface area contributed by atoms with Gasteiger partial charge in [0.2, 0.25) is 0 Å². The average Bonchev–Trinajstić information content (AvgIpc) is 3.14. The van der Waals surface area contributed by atoms with Crippen LogP contribution in [0.4, 0.5) is 0 Å². The van der Waals surface area contributed by atoms with Crippen LogP contribution in [-0.4, -0.2) is 5.11 Å². The van der Waals surface area contributed by atoms with Gasteiger partial charge in [-0.25, -0.2) is 0 Å². The van der Waals surface area contributed by atoms with Crippen LogP contribution in [0.15, 0.2) is 72.1 Å². The van der Waals surface area contributed by atoms with Crippen LogP contribution >= 0.6 is 23.6 Å². The van der Waals surface area contributed by atoms with E-state index >= 15 is 0 Å². The second-order valence-electron chi connectivity index (χ2n) is 5.67. The lowest BCUT2D eigenvalue weighted by Crippen LogP contribution is -2.37. The SMILES string of the molecule is Cc1ccc([C@H](NC(=S)NCc2ccccc2)c2cccs2)cc1. The summed E-state index contributed by atoms with van der Waals surface area (Å²) in [5.74, 6) is 0. The lowest BCUT2D eigenvalue weighted by atomic mass is 10.0. The van der Waals surface area contributed by atoms with Crippen molar-refractivity contribution in [1.82, 2.24) is 10.6 Å². The van der Waals surface area contributed by atoms with Crippen LogP contribution in [0.25, 0.3) is 0 Å². The first kappa shape index (κ1) is 16.7. The second-order valence-corrected chi connectivity index (χ2v) is 7.06. The van der Waals surface area contributed by atoms with Crippen LogP contribution in [-0.2, 0) is 6.54 Å². The van der Waals surface area contributed by atoms with Gasteiger partial charge in [-0.3, -0.25) is 0 Å². The summed E-state index contributed by atoms with van der Waals surface area (Å²) in [6.45, 7) is 2.82. The van der Waals surface area contributed by atoms with Crippen LogP contribution in [0, 0.1) is 6.92 Å². The second kappa shape index (κ2) is 8.08. The summed E-state index contributed by atoms with van der Waals surface area (Å²) in [7, 11) is 0. The topological polar surface area (TPSA) is 24.1 Å². The molecule has 122 valence electrons. The van der Waals surface area contributed by atoms with Gasteiger partial charge >= 0.3 is 0 Å². The molecule has 4 heteroatoms. The molecule has 0 spiro atoms. The van der Waals surface area contributed by atoms with E-state index in [0.717, 1.165) is 6.54 Å². The van der Waals surface area contributed by atoms with E-state index in [1.54, 1.807) is 11.3 Å². The lowest BCUT2D eigenvalue weighted by Gasteiger charge is -2.21. The molecule has 0 aliphatic heterocycles. The van der Waals surface area contributed by atoms with Gasteiger partial charge in [0.05, 0.1) is 6.04 Å². The number of aryl methyl sites for hydroxylation is 1. The predicted octanol–water partition coefficient (Wildman–Crippen LogP) is 4.81. The summed E-state index contributed by atoms with van der Waals surface area (Å²) in [5, 5.41) is 9.51. The Morgan fingerprint density at radius 2 is 1.75 bits per heavy atom. The van der Waals surface area contributed by atoms with Crippen molar-refractivity contribution in [2.75, 3.05) is 0 Å². The van der Waals surface area contributed by atoms with Crippen molar-refractivity contribution in [3.63, 3.8) is 0 Å². The first-order valence-corrected chi connectivity index (χ1v) is 9.19. The molecule has 0 amide bonds. The number of rotatable bonds is 5. The fourth-order valence-electron chi connectivity index (χ4n) is 2.49. The van der Waals surface area contributed by atoms with Gasteiger partial charge in [0, 0.05) is 11.4 Å². The van der Waals surface area contributed by atoms with Crippen molar-refractivity contribution in [3.8, 4) is 0 Å². The number of nitrogens with one attached hydrogen (secondary N) is 2. The molecular formula is C20H20N2S2. The van der Waals surface area contributed by atoms with Gasteiger partial charge in [-0.05, 0) is 41.7 Å². The third-order valence-corrected chi connectivity index (χ3v) is 5.01. The zero-order chi connectivity index (χ0) is 16.8. The molecule has 0 saturated heterocycles. The summed E-state index contributed by atoms with van der Waals surface area (Å²) >= 11 is 7.25. The monoisotopic (exact) mass is 352 g/mol. The largest absolute Gasteiger partial charge is 0.359 e. The Bertz CT molecular complexity index is 765. The van der Waals surface area contributed by atoms with Gasteiger partial charge < -0.3 is 10.6 Å². The molecule has 0 fully saturated rings. The number of hydrogen-bond acceptors (Lipinski definition) is 2. The molecule has 1 heterocycles. The molecule has 1 atom stereocenters. The van der Waals surface area contributed by atoms with Gasteiger partial charge in [0.1, 0.15) is 0 Å². The molecule has 2 nitrogen and oxygen atoms in total. The molecule has 2 aromatic carbocycles. The van der Waals surface area contributed by atoms with Gasteiger partial charge in [0.15, 0.2) is 5.11 Å². The van der Waals surface area contributed by atoms with Gasteiger partial charge in [-0.15, -0.1) is 11.3 Å². The predicted molar refractivity (Wildman–Crippen MR) is 106 cm³/mol. The highest BCUT2D eigenvalue weighted by Gasteiger charge is 2.16. The van der Waals surface area contributed by atoms with E-state index in [0.29, 0.717) is 5.11 Å². The number of hydrogen-bond donors (Lipinski definition) is 2. The average molecular weight is 353 g/mol. The minimum Gasteiger partial charge on any atom is -0.359 e. The molecule has 0 radical (unpaired) electrons. The van der Waals surface area contributed by atoms with E-state index in [9.17, 15) is 0 Å². The van der Waals surface area contributed by atoms with Crippen LogP contribution in [0.1, 0.15) is 27.6 Å². The summed E-state index contributed by atoms with van der Waals surface area (Å²) in [6.07, 6.45) is 0. The highest BCUT2D eigenvalue weighted by Crippen LogP contribution is 2.26. The van der Waals surface area contributed by atoms with E-state index in [-0.39, 0.29) is 6.04 Å². The fraction of sp³-hybridized carbons (Fsp3) is 0.150. The highest BCUT2D eigenvalue weighted by molar-refractivity contribution is 7.80. The van der Waals surface area contributed by atoms with Crippen molar-refractivity contribution in [1.29, 1.82) is 0 Å². The minimum atomic E-state index is 0.0707. The Balaban J connectivity index is 1.70. The van der Waals surface area contributed by atoms with E-state index in [1.807, 2.05) is 18.2 Å². The summed E-state index contributed by atoms with van der Waals surface area (Å²) in [5.41, 5.74) is 3.69. The highest BCUT2D eigenvalue weighted by atomic mass is 32.1. The Labute approximate surface area is 152 Å². The first-order valence-electron chi connectivity index (χ1n) is 7.90. The molecule has 3 rings (SSSR count). The first-order chi connectivity index (χ1) is 11.7. The Morgan fingerprint density at radius 3 is 2.42 bits per heavy atom. The zero-order valence-corrected chi connectivity index (χ0v) is 15.2. The Hall–Kier alpha value is -2.17. The van der Waals surface area contributed by atoms with Crippen LogP contribution in [0.5, 0.6) is 0 Å². The normalized spacial score (nSPS) is 11.7. The summed E-state index contributed by atoms with van der Waals surface area (Å²) < 4.78 is 0. The van der Waals surface area contributed by atoms with Gasteiger partial charge in [0.25, 0.3) is 0 Å². The maximum atomic E-state index is 5.51. The van der Waals surface area contributed by atoms with Crippen molar-refractivity contribution in [2.45, 2.75) is 19.5 Å². The number of benzene rings is 2. The lowest BCUT2D eigenvalue weighted by molar-refractivity contribution is 0.747. The van der Waals surface area contributed by atoms with E-state index in [1.165, 1.54) is 21.6 Å². The van der Waals surface area contributed by atoms with Crippen molar-refractivity contribution in [3.05, 3.63) is 93.7 Å². The smallest absolute Gasteiger partial charge is 0.167 e. The van der Waals surface area contributed by atoms with Gasteiger partial charge in [-0.2, -0.15) is 0 Å². The molecule has 3 aromatic rings. The molecule has 0 aliphatic carbocycles. The van der Waals surface area contributed by atoms with Crippen molar-refractivity contribution >= 4 is 28.7 Å². The minimum absolute atomic E-state index is 0.0707. The standard InChI is InChI=1S/C20H20N2S2/c1-15-9-11-17(12-10-15)19(18-8-5-13-24-18)22-20(23)21-14-16-6-3-2-4-7-16/h2-13,19H,14H2,1H3,(H2,21,22,23)/t19-/m0/s1. The Morgan fingerprint density at radius 1 is 1.00 bits per heavy atom. The number of thiophene rings is 1. The van der Waals surface area contributed by atoms with Crippen LogP contribution in [0.2, 0.25) is 0 Å². The summed E-state index contributed by atoms with van der Waals surface area (Å²) in [4.78, 5) is 1.25. The molecule has 1 aromatic heterocycles. The molecule has 0 unspecified atom stereocenters. The maximum Gasteiger partial charge on any atom is 0.167 e.